The Hall–Kier alpha value is -0.550. The van der Waals surface area contributed by atoms with E-state index in [2.05, 4.69) is 20.9 Å². The lowest BCUT2D eigenvalue weighted by Crippen LogP contribution is -1.94. The first-order chi connectivity index (χ1) is 6.06. The highest BCUT2D eigenvalue weighted by Crippen LogP contribution is 2.28. The molecule has 70 valence electrons. The summed E-state index contributed by atoms with van der Waals surface area (Å²) in [7, 11) is 0. The highest BCUT2D eigenvalue weighted by molar-refractivity contribution is 9.10. The number of pyridine rings is 1. The van der Waals surface area contributed by atoms with Crippen LogP contribution in [-0.2, 0) is 0 Å². The summed E-state index contributed by atoms with van der Waals surface area (Å²) in [6, 6.07) is 1.01. The van der Waals surface area contributed by atoms with Gasteiger partial charge in [-0.2, -0.15) is 0 Å². The summed E-state index contributed by atoms with van der Waals surface area (Å²) >= 11 is 8.34. The van der Waals surface area contributed by atoms with Crippen LogP contribution >= 0.6 is 27.5 Å². The Morgan fingerprint density at radius 1 is 1.62 bits per heavy atom. The molecule has 0 bridgehead atoms. The lowest BCUT2D eigenvalue weighted by molar-refractivity contribution is 0.112. The first-order valence-electron chi connectivity index (χ1n) is 3.15. The van der Waals surface area contributed by atoms with Crippen LogP contribution in [0.2, 0.25) is 5.15 Å². The predicted octanol–water partition coefficient (Wildman–Crippen LogP) is 3.25. The standard InChI is InChI=1S/C7H3BrClF2NO/c8-5-3(2-13)1-4(7(10)11)6(9)12-5/h1-2,7H. The second-order valence-corrected chi connectivity index (χ2v) is 3.28. The zero-order valence-corrected chi connectivity index (χ0v) is 8.44. The first kappa shape index (κ1) is 10.5. The van der Waals surface area contributed by atoms with Gasteiger partial charge in [0, 0.05) is 5.56 Å². The molecule has 0 amide bonds. The molecule has 0 radical (unpaired) electrons. The largest absolute Gasteiger partial charge is 0.298 e. The summed E-state index contributed by atoms with van der Waals surface area (Å²) in [5.41, 5.74) is -0.383. The van der Waals surface area contributed by atoms with Crippen LogP contribution in [0.25, 0.3) is 0 Å². The van der Waals surface area contributed by atoms with Crippen molar-refractivity contribution in [1.82, 2.24) is 4.98 Å². The third-order valence-electron chi connectivity index (χ3n) is 1.35. The Kier molecular flexibility index (Phi) is 3.33. The smallest absolute Gasteiger partial charge is 0.266 e. The van der Waals surface area contributed by atoms with Gasteiger partial charge in [0.2, 0.25) is 0 Å². The third-order valence-corrected chi connectivity index (χ3v) is 2.28. The second kappa shape index (κ2) is 4.11. The van der Waals surface area contributed by atoms with Gasteiger partial charge in [0.1, 0.15) is 9.76 Å². The summed E-state index contributed by atoms with van der Waals surface area (Å²) in [6.07, 6.45) is -2.30. The number of rotatable bonds is 2. The SMILES string of the molecule is O=Cc1cc(C(F)F)c(Cl)nc1Br. The van der Waals surface area contributed by atoms with Gasteiger partial charge < -0.3 is 0 Å². The number of halogens is 4. The summed E-state index contributed by atoms with van der Waals surface area (Å²) < 4.78 is 24.6. The van der Waals surface area contributed by atoms with Gasteiger partial charge in [-0.25, -0.2) is 13.8 Å². The fourth-order valence-electron chi connectivity index (χ4n) is 0.738. The third kappa shape index (κ3) is 2.22. The van der Waals surface area contributed by atoms with Crippen molar-refractivity contribution < 1.29 is 13.6 Å². The van der Waals surface area contributed by atoms with Crippen molar-refractivity contribution >= 4 is 33.8 Å². The minimum absolute atomic E-state index is 0.0553. The van der Waals surface area contributed by atoms with Crippen molar-refractivity contribution in [2.24, 2.45) is 0 Å². The van der Waals surface area contributed by atoms with E-state index in [1.54, 1.807) is 0 Å². The molecule has 0 saturated carbocycles. The van der Waals surface area contributed by atoms with E-state index in [0.29, 0.717) is 6.29 Å². The molecule has 0 saturated heterocycles. The predicted molar refractivity (Wildman–Crippen MR) is 47.3 cm³/mol. The van der Waals surface area contributed by atoms with Gasteiger partial charge in [0.25, 0.3) is 6.43 Å². The molecule has 0 spiro atoms. The number of carbonyl (C=O) groups excluding carboxylic acids is 1. The number of carbonyl (C=O) groups is 1. The average molecular weight is 270 g/mol. The lowest BCUT2D eigenvalue weighted by atomic mass is 10.2. The zero-order chi connectivity index (χ0) is 10.0. The van der Waals surface area contributed by atoms with E-state index >= 15 is 0 Å². The van der Waals surface area contributed by atoms with Gasteiger partial charge >= 0.3 is 0 Å². The number of hydrogen-bond donors (Lipinski definition) is 0. The van der Waals surface area contributed by atoms with Crippen LogP contribution in [0.4, 0.5) is 8.78 Å². The molecule has 1 aromatic heterocycles. The zero-order valence-electron chi connectivity index (χ0n) is 6.10. The number of hydrogen-bond acceptors (Lipinski definition) is 2. The minimum Gasteiger partial charge on any atom is -0.298 e. The van der Waals surface area contributed by atoms with E-state index in [0.717, 1.165) is 6.07 Å². The maximum Gasteiger partial charge on any atom is 0.266 e. The number of aldehydes is 1. The quantitative estimate of drug-likeness (QED) is 0.610. The molecule has 13 heavy (non-hydrogen) atoms. The maximum absolute atomic E-state index is 12.2. The molecule has 0 aliphatic rings. The maximum atomic E-state index is 12.2. The Bertz CT molecular complexity index is 346. The molecule has 0 aliphatic heterocycles. The number of alkyl halides is 2. The van der Waals surface area contributed by atoms with E-state index in [-0.39, 0.29) is 15.3 Å². The molecule has 2 nitrogen and oxygen atoms in total. The van der Waals surface area contributed by atoms with E-state index in [9.17, 15) is 13.6 Å². The van der Waals surface area contributed by atoms with E-state index in [4.69, 9.17) is 11.6 Å². The van der Waals surface area contributed by atoms with Crippen LogP contribution in [0.1, 0.15) is 22.3 Å². The summed E-state index contributed by atoms with van der Waals surface area (Å²) in [5.74, 6) is 0. The van der Waals surface area contributed by atoms with Crippen molar-refractivity contribution in [3.63, 3.8) is 0 Å². The summed E-state index contributed by atoms with van der Waals surface area (Å²) in [6.45, 7) is 0. The highest BCUT2D eigenvalue weighted by atomic mass is 79.9. The van der Waals surface area contributed by atoms with Crippen molar-refractivity contribution in [3.8, 4) is 0 Å². The number of nitrogens with zero attached hydrogens (tertiary/aromatic N) is 1. The van der Waals surface area contributed by atoms with Crippen LogP contribution in [-0.4, -0.2) is 11.3 Å². The van der Waals surface area contributed by atoms with Crippen LogP contribution < -0.4 is 0 Å². The normalized spacial score (nSPS) is 10.5. The summed E-state index contributed by atoms with van der Waals surface area (Å²) in [4.78, 5) is 13.9. The van der Waals surface area contributed by atoms with Gasteiger partial charge in [-0.05, 0) is 22.0 Å². The fourth-order valence-corrected chi connectivity index (χ4v) is 1.45. The molecule has 1 aromatic rings. The molecule has 0 aliphatic carbocycles. The molecule has 0 aromatic carbocycles. The minimum atomic E-state index is -2.73. The number of aromatic nitrogens is 1. The molecule has 0 N–H and O–H groups in total. The Labute approximate surface area is 86.0 Å². The Morgan fingerprint density at radius 3 is 2.69 bits per heavy atom. The van der Waals surface area contributed by atoms with Gasteiger partial charge in [0.05, 0.1) is 5.56 Å². The lowest BCUT2D eigenvalue weighted by Gasteiger charge is -2.03. The van der Waals surface area contributed by atoms with Gasteiger partial charge in [-0.15, -0.1) is 0 Å². The Balaban J connectivity index is 3.30. The molecule has 1 rings (SSSR count). The second-order valence-electron chi connectivity index (χ2n) is 2.17. The van der Waals surface area contributed by atoms with E-state index in [1.807, 2.05) is 0 Å². The van der Waals surface area contributed by atoms with Crippen molar-refractivity contribution in [2.75, 3.05) is 0 Å². The van der Waals surface area contributed by atoms with Crippen LogP contribution in [0.5, 0.6) is 0 Å². The summed E-state index contributed by atoms with van der Waals surface area (Å²) in [5, 5.41) is -0.299. The average Bonchev–Trinajstić information content (AvgIpc) is 2.03. The van der Waals surface area contributed by atoms with Gasteiger partial charge in [0.15, 0.2) is 6.29 Å². The Morgan fingerprint density at radius 2 is 2.23 bits per heavy atom. The van der Waals surface area contributed by atoms with Crippen molar-refractivity contribution in [2.45, 2.75) is 6.43 Å². The monoisotopic (exact) mass is 269 g/mol. The highest BCUT2D eigenvalue weighted by Gasteiger charge is 2.15. The molecule has 0 atom stereocenters. The van der Waals surface area contributed by atoms with Gasteiger partial charge in [-0.3, -0.25) is 4.79 Å². The molecule has 1 heterocycles. The molecular formula is C7H3BrClF2NO. The molecule has 0 unspecified atom stereocenters. The fraction of sp³-hybridized carbons (Fsp3) is 0.143. The van der Waals surface area contributed by atoms with Crippen molar-refractivity contribution in [3.05, 3.63) is 26.9 Å². The van der Waals surface area contributed by atoms with Gasteiger partial charge in [-0.1, -0.05) is 11.6 Å². The van der Waals surface area contributed by atoms with E-state index < -0.39 is 12.0 Å². The van der Waals surface area contributed by atoms with E-state index in [1.165, 1.54) is 0 Å². The topological polar surface area (TPSA) is 30.0 Å². The van der Waals surface area contributed by atoms with Crippen LogP contribution in [0.15, 0.2) is 10.7 Å². The molecule has 0 fully saturated rings. The van der Waals surface area contributed by atoms with Crippen molar-refractivity contribution in [1.29, 1.82) is 0 Å². The molecule has 6 heteroatoms. The van der Waals surface area contributed by atoms with Crippen LogP contribution in [0, 0.1) is 0 Å². The molecular weight excluding hydrogens is 267 g/mol. The van der Waals surface area contributed by atoms with Crippen LogP contribution in [0.3, 0.4) is 0 Å². The first-order valence-corrected chi connectivity index (χ1v) is 4.32.